The number of nitrogens with zero attached hydrogens (tertiary/aromatic N) is 1. The summed E-state index contributed by atoms with van der Waals surface area (Å²) in [5.74, 6) is -1.68. The molecule has 0 spiro atoms. The van der Waals surface area contributed by atoms with Crippen molar-refractivity contribution < 1.29 is 35.6 Å². The summed E-state index contributed by atoms with van der Waals surface area (Å²) in [5.41, 5.74) is -0.498. The standard InChI is InChI=1S/C20H21F4N3O4S/c1-2-27(13-18(28)25-11-14-6-8-16(21)9-7-14)19(29)12-26-32(30,31)17-5-3-4-15(10-17)20(22,23)24/h3-10,26H,2,11-13H2,1H3,(H,25,28). The van der Waals surface area contributed by atoms with Crippen LogP contribution in [-0.2, 0) is 32.3 Å². The van der Waals surface area contributed by atoms with Crippen LogP contribution in [0.3, 0.4) is 0 Å². The third kappa shape index (κ3) is 7.31. The zero-order valence-corrected chi connectivity index (χ0v) is 17.8. The largest absolute Gasteiger partial charge is 0.416 e. The van der Waals surface area contributed by atoms with Crippen molar-refractivity contribution in [3.05, 3.63) is 65.5 Å². The number of hydrogen-bond donors (Lipinski definition) is 2. The van der Waals surface area contributed by atoms with Gasteiger partial charge in [0.15, 0.2) is 0 Å². The molecule has 0 aliphatic rings. The van der Waals surface area contributed by atoms with Crippen molar-refractivity contribution in [2.75, 3.05) is 19.6 Å². The van der Waals surface area contributed by atoms with E-state index in [0.29, 0.717) is 11.6 Å². The molecule has 2 amide bonds. The van der Waals surface area contributed by atoms with Gasteiger partial charge in [-0.2, -0.15) is 13.2 Å². The van der Waals surface area contributed by atoms with E-state index in [-0.39, 0.29) is 19.6 Å². The summed E-state index contributed by atoms with van der Waals surface area (Å²) in [5, 5.41) is 2.56. The molecule has 0 fully saturated rings. The molecule has 0 bridgehead atoms. The van der Waals surface area contributed by atoms with E-state index in [0.717, 1.165) is 23.1 Å². The average Bonchev–Trinajstić information content (AvgIpc) is 2.75. The van der Waals surface area contributed by atoms with Gasteiger partial charge in [0.25, 0.3) is 0 Å². The first kappa shape index (κ1) is 25.3. The molecule has 0 radical (unpaired) electrons. The molecule has 0 aliphatic heterocycles. The van der Waals surface area contributed by atoms with Crippen LogP contribution >= 0.6 is 0 Å². The SMILES string of the molecule is CCN(CC(=O)NCc1ccc(F)cc1)C(=O)CNS(=O)(=O)c1cccc(C(F)(F)F)c1. The highest BCUT2D eigenvalue weighted by atomic mass is 32.2. The molecule has 2 aromatic rings. The second-order valence-corrected chi connectivity index (χ2v) is 8.43. The Hall–Kier alpha value is -2.99. The predicted octanol–water partition coefficient (Wildman–Crippen LogP) is 2.29. The van der Waals surface area contributed by atoms with Gasteiger partial charge in [0.05, 0.1) is 23.5 Å². The van der Waals surface area contributed by atoms with E-state index in [1.165, 1.54) is 24.3 Å². The number of carbonyl (C=O) groups excluding carboxylic acids is 2. The van der Waals surface area contributed by atoms with Crippen molar-refractivity contribution in [3.63, 3.8) is 0 Å². The third-order valence-electron chi connectivity index (χ3n) is 4.36. The molecule has 0 unspecified atom stereocenters. The Balaban J connectivity index is 1.93. The number of likely N-dealkylation sites (N-methyl/N-ethyl adjacent to an activating group) is 1. The lowest BCUT2D eigenvalue weighted by Crippen LogP contribution is -2.44. The molecule has 0 saturated heterocycles. The van der Waals surface area contributed by atoms with Crippen LogP contribution in [0.4, 0.5) is 17.6 Å². The number of sulfonamides is 1. The molecule has 0 atom stereocenters. The monoisotopic (exact) mass is 475 g/mol. The van der Waals surface area contributed by atoms with Gasteiger partial charge in [-0.15, -0.1) is 0 Å². The van der Waals surface area contributed by atoms with Gasteiger partial charge in [0.1, 0.15) is 5.82 Å². The van der Waals surface area contributed by atoms with Gasteiger partial charge in [-0.25, -0.2) is 17.5 Å². The maximum absolute atomic E-state index is 12.9. The number of hydrogen-bond acceptors (Lipinski definition) is 4. The van der Waals surface area contributed by atoms with E-state index in [1.54, 1.807) is 6.92 Å². The molecule has 0 saturated carbocycles. The maximum Gasteiger partial charge on any atom is 0.416 e. The lowest BCUT2D eigenvalue weighted by molar-refractivity contribution is -0.137. The maximum atomic E-state index is 12.9. The van der Waals surface area contributed by atoms with Gasteiger partial charge in [0, 0.05) is 13.1 Å². The lowest BCUT2D eigenvalue weighted by Gasteiger charge is -2.20. The molecule has 0 aromatic heterocycles. The highest BCUT2D eigenvalue weighted by Crippen LogP contribution is 2.30. The summed E-state index contributed by atoms with van der Waals surface area (Å²) in [7, 11) is -4.39. The number of amides is 2. The zero-order chi connectivity index (χ0) is 23.9. The van der Waals surface area contributed by atoms with E-state index in [2.05, 4.69) is 5.32 Å². The molecular formula is C20H21F4N3O4S. The van der Waals surface area contributed by atoms with Crippen LogP contribution in [0.25, 0.3) is 0 Å². The number of nitrogens with one attached hydrogen (secondary N) is 2. The molecule has 2 N–H and O–H groups in total. The number of rotatable bonds is 9. The Morgan fingerprint density at radius 3 is 2.31 bits per heavy atom. The molecule has 32 heavy (non-hydrogen) atoms. The number of benzene rings is 2. The Bertz CT molecular complexity index is 1060. The van der Waals surface area contributed by atoms with Gasteiger partial charge in [-0.3, -0.25) is 9.59 Å². The van der Waals surface area contributed by atoms with Crippen LogP contribution in [0.1, 0.15) is 18.1 Å². The van der Waals surface area contributed by atoms with Crippen LogP contribution in [0.5, 0.6) is 0 Å². The van der Waals surface area contributed by atoms with Crippen LogP contribution in [0, 0.1) is 5.82 Å². The molecule has 174 valence electrons. The van der Waals surface area contributed by atoms with E-state index >= 15 is 0 Å². The first-order valence-corrected chi connectivity index (χ1v) is 10.9. The van der Waals surface area contributed by atoms with E-state index in [4.69, 9.17) is 0 Å². The molecule has 12 heteroatoms. The molecule has 0 aliphatic carbocycles. The van der Waals surface area contributed by atoms with Crippen LogP contribution in [0.15, 0.2) is 53.4 Å². The van der Waals surface area contributed by atoms with Gasteiger partial charge < -0.3 is 10.2 Å². The van der Waals surface area contributed by atoms with Gasteiger partial charge in [-0.05, 0) is 42.8 Å². The first-order valence-electron chi connectivity index (χ1n) is 9.38. The minimum atomic E-state index is -4.72. The fourth-order valence-electron chi connectivity index (χ4n) is 2.60. The normalized spacial score (nSPS) is 11.8. The topological polar surface area (TPSA) is 95.6 Å². The molecule has 7 nitrogen and oxygen atoms in total. The molecule has 2 rings (SSSR count). The van der Waals surface area contributed by atoms with Crippen LogP contribution in [-0.4, -0.2) is 44.8 Å². The minimum Gasteiger partial charge on any atom is -0.350 e. The highest BCUT2D eigenvalue weighted by Gasteiger charge is 2.31. The Labute approximate surface area is 182 Å². The Morgan fingerprint density at radius 1 is 1.06 bits per heavy atom. The predicted molar refractivity (Wildman–Crippen MR) is 107 cm³/mol. The van der Waals surface area contributed by atoms with Crippen molar-refractivity contribution in [2.24, 2.45) is 0 Å². The van der Waals surface area contributed by atoms with Crippen molar-refractivity contribution in [1.29, 1.82) is 0 Å². The highest BCUT2D eigenvalue weighted by molar-refractivity contribution is 7.89. The van der Waals surface area contributed by atoms with Gasteiger partial charge >= 0.3 is 6.18 Å². The van der Waals surface area contributed by atoms with E-state index in [1.807, 2.05) is 4.72 Å². The first-order chi connectivity index (χ1) is 14.9. The van der Waals surface area contributed by atoms with Crippen molar-refractivity contribution in [1.82, 2.24) is 14.9 Å². The smallest absolute Gasteiger partial charge is 0.350 e. The number of carbonyl (C=O) groups is 2. The average molecular weight is 475 g/mol. The molecular weight excluding hydrogens is 454 g/mol. The second kappa shape index (κ2) is 10.6. The third-order valence-corrected chi connectivity index (χ3v) is 5.76. The summed E-state index contributed by atoms with van der Waals surface area (Å²) in [6.07, 6.45) is -4.72. The van der Waals surface area contributed by atoms with Gasteiger partial charge in [-0.1, -0.05) is 18.2 Å². The van der Waals surface area contributed by atoms with E-state index < -0.39 is 50.8 Å². The zero-order valence-electron chi connectivity index (χ0n) is 16.9. The molecule has 2 aromatic carbocycles. The Kier molecular flexibility index (Phi) is 8.33. The minimum absolute atomic E-state index is 0.0914. The summed E-state index contributed by atoms with van der Waals surface area (Å²) >= 11 is 0. The number of alkyl halides is 3. The second-order valence-electron chi connectivity index (χ2n) is 6.66. The Morgan fingerprint density at radius 2 is 1.72 bits per heavy atom. The van der Waals surface area contributed by atoms with Crippen molar-refractivity contribution in [2.45, 2.75) is 24.5 Å². The van der Waals surface area contributed by atoms with Crippen molar-refractivity contribution >= 4 is 21.8 Å². The van der Waals surface area contributed by atoms with Crippen LogP contribution in [0.2, 0.25) is 0 Å². The van der Waals surface area contributed by atoms with Gasteiger partial charge in [0.2, 0.25) is 21.8 Å². The van der Waals surface area contributed by atoms with Crippen molar-refractivity contribution in [3.8, 4) is 0 Å². The lowest BCUT2D eigenvalue weighted by atomic mass is 10.2. The summed E-state index contributed by atoms with van der Waals surface area (Å²) in [4.78, 5) is 24.8. The van der Waals surface area contributed by atoms with E-state index in [9.17, 15) is 35.6 Å². The van der Waals surface area contributed by atoms with Crippen LogP contribution < -0.4 is 10.0 Å². The fourth-order valence-corrected chi connectivity index (χ4v) is 3.62. The molecule has 0 heterocycles. The quantitative estimate of drug-likeness (QED) is 0.544. The number of halogens is 4. The summed E-state index contributed by atoms with van der Waals surface area (Å²) in [6.45, 7) is 0.674. The fraction of sp³-hybridized carbons (Fsp3) is 0.300. The summed E-state index contributed by atoms with van der Waals surface area (Å²) in [6, 6.07) is 8.56. The summed E-state index contributed by atoms with van der Waals surface area (Å²) < 4.78 is 77.8.